The number of carbonyl (C=O) groups excluding carboxylic acids is 2. The van der Waals surface area contributed by atoms with Gasteiger partial charge < -0.3 is 9.47 Å². The number of nitrogens with one attached hydrogen (secondary N) is 2. The Hall–Kier alpha value is -4.05. The highest BCUT2D eigenvalue weighted by Crippen LogP contribution is 2.40. The Labute approximate surface area is 218 Å². The van der Waals surface area contributed by atoms with E-state index in [0.717, 1.165) is 18.9 Å². The van der Waals surface area contributed by atoms with Gasteiger partial charge in [0.2, 0.25) is 5.96 Å². The number of guanidine groups is 1. The largest absolute Gasteiger partial charge is 0.466 e. The molecule has 0 aromatic heterocycles. The number of rotatable bonds is 4. The van der Waals surface area contributed by atoms with Crippen LogP contribution >= 0.6 is 15.9 Å². The number of halogens is 4. The van der Waals surface area contributed by atoms with Gasteiger partial charge in [-0.05, 0) is 38.5 Å². The van der Waals surface area contributed by atoms with Crippen LogP contribution in [-0.2, 0) is 14.3 Å². The molecule has 0 saturated carbocycles. The fourth-order valence-electron chi connectivity index (χ4n) is 3.67. The lowest BCUT2D eigenvalue weighted by atomic mass is 9.94. The summed E-state index contributed by atoms with van der Waals surface area (Å²) in [6.07, 6.45) is -0.899. The van der Waals surface area contributed by atoms with E-state index in [1.807, 2.05) is 6.07 Å². The summed E-state index contributed by atoms with van der Waals surface area (Å²) < 4.78 is 53.9. The van der Waals surface area contributed by atoms with E-state index in [4.69, 9.17) is 9.47 Å². The van der Waals surface area contributed by atoms with E-state index in [1.165, 1.54) is 19.1 Å². The van der Waals surface area contributed by atoms with Crippen LogP contribution in [0.5, 0.6) is 0 Å². The summed E-state index contributed by atoms with van der Waals surface area (Å²) in [6, 6.07) is 6.11. The first-order valence-electron chi connectivity index (χ1n) is 10.7. The van der Waals surface area contributed by atoms with Gasteiger partial charge in [0.1, 0.15) is 6.04 Å². The quantitative estimate of drug-likeness (QED) is 0.307. The zero-order chi connectivity index (χ0) is 27.4. The Morgan fingerprint density at radius 1 is 1.22 bits per heavy atom. The van der Waals surface area contributed by atoms with Gasteiger partial charge in [0.15, 0.2) is 17.5 Å². The molecule has 0 saturated heterocycles. The number of hydrogen-bond acceptors (Lipinski definition) is 8. The SMILES string of the molecule is CCOC(=O)NNC1=NC(c2ccc(C#N)cc2Br)C(C(=O)OC)=C(C)N1c1cc(F)c(F)c(C)c1F. The van der Waals surface area contributed by atoms with Crippen molar-refractivity contribution in [2.75, 3.05) is 18.6 Å². The molecular weight excluding hydrogens is 559 g/mol. The van der Waals surface area contributed by atoms with Crippen LogP contribution < -0.4 is 15.8 Å². The Morgan fingerprint density at radius 2 is 1.92 bits per heavy atom. The minimum absolute atomic E-state index is 0.0422. The van der Waals surface area contributed by atoms with Crippen LogP contribution in [0.2, 0.25) is 0 Å². The fourth-order valence-corrected chi connectivity index (χ4v) is 4.26. The van der Waals surface area contributed by atoms with Gasteiger partial charge in [-0.15, -0.1) is 0 Å². The number of ether oxygens (including phenoxy) is 2. The van der Waals surface area contributed by atoms with E-state index >= 15 is 4.39 Å². The standard InChI is InChI=1S/C24H21BrF3N5O4/c1-5-37-24(35)32-31-23-30-21(14-7-6-13(10-29)8-15(14)25)18(22(34)36-4)12(3)33(23)17-9-16(26)19(27)11(2)20(17)28/h6-9,21H,5H2,1-4H3,(H,30,31)(H,32,35). The molecule has 9 nitrogen and oxygen atoms in total. The number of allylic oxidation sites excluding steroid dienone is 1. The van der Waals surface area contributed by atoms with Crippen molar-refractivity contribution >= 4 is 39.6 Å². The molecule has 0 fully saturated rings. The highest BCUT2D eigenvalue weighted by molar-refractivity contribution is 9.10. The second kappa shape index (κ2) is 11.3. The number of amides is 1. The zero-order valence-electron chi connectivity index (χ0n) is 20.1. The third kappa shape index (κ3) is 5.39. The zero-order valence-corrected chi connectivity index (χ0v) is 21.7. The van der Waals surface area contributed by atoms with Gasteiger partial charge in [0, 0.05) is 21.8 Å². The highest BCUT2D eigenvalue weighted by Gasteiger charge is 2.37. The number of methoxy groups -OCH3 is 1. The molecule has 0 aliphatic carbocycles. The number of nitriles is 1. The Balaban J connectivity index is 2.28. The highest BCUT2D eigenvalue weighted by atomic mass is 79.9. The second-order valence-corrected chi connectivity index (χ2v) is 8.48. The first-order valence-corrected chi connectivity index (χ1v) is 11.5. The maximum absolute atomic E-state index is 15.3. The lowest BCUT2D eigenvalue weighted by Gasteiger charge is -2.35. The Bertz CT molecular complexity index is 1370. The summed E-state index contributed by atoms with van der Waals surface area (Å²) in [5, 5.41) is 9.20. The summed E-state index contributed by atoms with van der Waals surface area (Å²) in [5.41, 5.74) is 4.39. The van der Waals surface area contributed by atoms with Crippen LogP contribution in [0.4, 0.5) is 23.7 Å². The minimum atomic E-state index is -1.37. The Morgan fingerprint density at radius 3 is 2.51 bits per heavy atom. The van der Waals surface area contributed by atoms with Crippen LogP contribution in [0.25, 0.3) is 0 Å². The summed E-state index contributed by atoms with van der Waals surface area (Å²) in [7, 11) is 1.14. The first kappa shape index (κ1) is 27.5. The van der Waals surface area contributed by atoms with Crippen LogP contribution in [0, 0.1) is 35.7 Å². The van der Waals surface area contributed by atoms with E-state index in [-0.39, 0.29) is 23.8 Å². The van der Waals surface area contributed by atoms with Crippen LogP contribution in [0.1, 0.15) is 36.6 Å². The molecule has 2 aromatic carbocycles. The van der Waals surface area contributed by atoms with Crippen LogP contribution in [0.15, 0.2) is 45.0 Å². The van der Waals surface area contributed by atoms with Crippen LogP contribution in [0.3, 0.4) is 0 Å². The predicted molar refractivity (Wildman–Crippen MR) is 131 cm³/mol. The van der Waals surface area contributed by atoms with Gasteiger partial charge >= 0.3 is 12.1 Å². The monoisotopic (exact) mass is 579 g/mol. The summed E-state index contributed by atoms with van der Waals surface area (Å²) in [6.45, 7) is 4.11. The third-order valence-corrected chi connectivity index (χ3v) is 6.13. The molecule has 1 atom stereocenters. The van der Waals surface area contributed by atoms with Crippen LogP contribution in [-0.4, -0.2) is 31.7 Å². The third-order valence-electron chi connectivity index (χ3n) is 5.44. The number of hydrogen-bond donors (Lipinski definition) is 2. The van der Waals surface area contributed by atoms with Crippen molar-refractivity contribution in [1.29, 1.82) is 5.26 Å². The predicted octanol–water partition coefficient (Wildman–Crippen LogP) is 4.66. The lowest BCUT2D eigenvalue weighted by molar-refractivity contribution is -0.136. The first-order chi connectivity index (χ1) is 17.5. The molecule has 37 heavy (non-hydrogen) atoms. The van der Waals surface area contributed by atoms with Gasteiger partial charge in [-0.2, -0.15) is 5.26 Å². The topological polar surface area (TPSA) is 116 Å². The van der Waals surface area contributed by atoms with E-state index in [9.17, 15) is 23.6 Å². The van der Waals surface area contributed by atoms with E-state index < -0.39 is 46.8 Å². The van der Waals surface area contributed by atoms with E-state index in [2.05, 4.69) is 31.8 Å². The van der Waals surface area contributed by atoms with Crippen molar-refractivity contribution in [3.8, 4) is 6.07 Å². The van der Waals surface area contributed by atoms with Crippen molar-refractivity contribution in [3.63, 3.8) is 0 Å². The molecule has 1 aliphatic rings. The number of carbonyl (C=O) groups is 2. The molecule has 1 unspecified atom stereocenters. The number of anilines is 1. The number of esters is 1. The van der Waals surface area contributed by atoms with Gasteiger partial charge in [-0.1, -0.05) is 22.0 Å². The molecule has 2 N–H and O–H groups in total. The molecular formula is C24H21BrF3N5O4. The molecule has 13 heteroatoms. The smallest absolute Gasteiger partial charge is 0.426 e. The average molecular weight is 580 g/mol. The number of aliphatic imine (C=N–C) groups is 1. The maximum atomic E-state index is 15.3. The molecule has 0 bridgehead atoms. The molecule has 2 aromatic rings. The van der Waals surface area contributed by atoms with Crippen molar-refractivity contribution in [2.24, 2.45) is 4.99 Å². The van der Waals surface area contributed by atoms with E-state index in [1.54, 1.807) is 13.0 Å². The molecule has 0 spiro atoms. The normalized spacial score (nSPS) is 15.1. The summed E-state index contributed by atoms with van der Waals surface area (Å²) in [5.74, 6) is -4.90. The van der Waals surface area contributed by atoms with Gasteiger partial charge in [0.25, 0.3) is 0 Å². The molecule has 194 valence electrons. The molecule has 1 amide bonds. The van der Waals surface area contributed by atoms with Crippen molar-refractivity contribution in [3.05, 3.63) is 74.2 Å². The molecule has 1 heterocycles. The minimum Gasteiger partial charge on any atom is -0.466 e. The van der Waals surface area contributed by atoms with Crippen molar-refractivity contribution in [2.45, 2.75) is 26.8 Å². The van der Waals surface area contributed by atoms with Crippen molar-refractivity contribution in [1.82, 2.24) is 10.9 Å². The summed E-state index contributed by atoms with van der Waals surface area (Å²) in [4.78, 5) is 30.4. The lowest BCUT2D eigenvalue weighted by Crippen LogP contribution is -2.52. The number of benzene rings is 2. The van der Waals surface area contributed by atoms with Crippen molar-refractivity contribution < 1.29 is 32.2 Å². The second-order valence-electron chi connectivity index (χ2n) is 7.63. The molecule has 1 aliphatic heterocycles. The Kier molecular flexibility index (Phi) is 8.44. The molecule has 3 rings (SSSR count). The van der Waals surface area contributed by atoms with E-state index in [0.29, 0.717) is 21.7 Å². The maximum Gasteiger partial charge on any atom is 0.426 e. The number of nitrogens with zero attached hydrogens (tertiary/aromatic N) is 3. The van der Waals surface area contributed by atoms with Gasteiger partial charge in [-0.25, -0.2) is 33.2 Å². The molecule has 0 radical (unpaired) electrons. The van der Waals surface area contributed by atoms with Gasteiger partial charge in [-0.3, -0.25) is 10.3 Å². The number of hydrazine groups is 1. The van der Waals surface area contributed by atoms with Gasteiger partial charge in [0.05, 0.1) is 36.6 Å². The average Bonchev–Trinajstić information content (AvgIpc) is 2.88. The fraction of sp³-hybridized carbons (Fsp3) is 0.250. The summed E-state index contributed by atoms with van der Waals surface area (Å²) >= 11 is 3.37.